The fourth-order valence-corrected chi connectivity index (χ4v) is 3.96. The topological polar surface area (TPSA) is 38.1 Å². The molecule has 1 saturated heterocycles. The molecule has 0 atom stereocenters. The van der Waals surface area contributed by atoms with Gasteiger partial charge in [-0.05, 0) is 44.7 Å². The molecule has 1 saturated carbocycles. The number of hydrogen-bond donors (Lipinski definition) is 2. The molecule has 18 heavy (non-hydrogen) atoms. The molecule has 1 N–H and O–H groups in total. The van der Waals surface area contributed by atoms with E-state index in [9.17, 15) is 0 Å². The Kier molecular flexibility index (Phi) is 3.66. The molecule has 2 aliphatic rings. The van der Waals surface area contributed by atoms with Crippen molar-refractivity contribution in [1.82, 2.24) is 10.3 Å². The smallest absolute Gasteiger partial charge is 0.201 e. The van der Waals surface area contributed by atoms with Gasteiger partial charge >= 0.3 is 0 Å². The molecule has 0 aromatic carbocycles. The number of nitrogens with one attached hydrogen (secondary N) is 1. The Bertz CT molecular complexity index is 392. The number of nitrogens with zero attached hydrogens (tertiary/aromatic N) is 1. The number of thiol groups is 1. The number of hydrogen-bond acceptors (Lipinski definition) is 4. The lowest BCUT2D eigenvalue weighted by Crippen LogP contribution is -2.46. The van der Waals surface area contributed by atoms with Crippen LogP contribution in [0, 0.1) is 5.92 Å². The van der Waals surface area contributed by atoms with Crippen molar-refractivity contribution in [3.05, 3.63) is 12.2 Å². The molecule has 2 heterocycles. The van der Waals surface area contributed by atoms with Crippen LogP contribution in [0.1, 0.15) is 50.8 Å². The fraction of sp³-hybridized carbons (Fsp3) is 0.786. The van der Waals surface area contributed by atoms with Crippen molar-refractivity contribution in [1.29, 1.82) is 0 Å². The van der Waals surface area contributed by atoms with E-state index in [-0.39, 0.29) is 5.41 Å². The Morgan fingerprint density at radius 2 is 1.94 bits per heavy atom. The maximum atomic E-state index is 5.75. The summed E-state index contributed by atoms with van der Waals surface area (Å²) in [6.45, 7) is 2.17. The van der Waals surface area contributed by atoms with Crippen LogP contribution in [0.3, 0.4) is 0 Å². The van der Waals surface area contributed by atoms with Crippen molar-refractivity contribution in [3.8, 4) is 0 Å². The van der Waals surface area contributed by atoms with Gasteiger partial charge in [0.15, 0.2) is 0 Å². The van der Waals surface area contributed by atoms with E-state index in [0.29, 0.717) is 0 Å². The Morgan fingerprint density at radius 1 is 1.22 bits per heavy atom. The number of oxazole rings is 1. The minimum absolute atomic E-state index is 0.173. The van der Waals surface area contributed by atoms with Crippen molar-refractivity contribution in [3.63, 3.8) is 0 Å². The third-order valence-electron chi connectivity index (χ3n) is 4.80. The van der Waals surface area contributed by atoms with Crippen molar-refractivity contribution in [2.45, 2.75) is 55.4 Å². The zero-order valence-electron chi connectivity index (χ0n) is 10.8. The van der Waals surface area contributed by atoms with Gasteiger partial charge in [-0.1, -0.05) is 19.3 Å². The van der Waals surface area contributed by atoms with E-state index in [2.05, 4.69) is 22.9 Å². The predicted octanol–water partition coefficient (Wildman–Crippen LogP) is 3.16. The molecule has 1 aliphatic heterocycles. The highest BCUT2D eigenvalue weighted by Crippen LogP contribution is 2.46. The Hall–Kier alpha value is -0.480. The van der Waals surface area contributed by atoms with Crippen LogP contribution < -0.4 is 5.32 Å². The molecule has 0 radical (unpaired) electrons. The molecular formula is C14H22N2OS. The quantitative estimate of drug-likeness (QED) is 0.808. The van der Waals surface area contributed by atoms with E-state index in [1.807, 2.05) is 0 Å². The molecule has 1 aromatic heterocycles. The molecule has 3 rings (SSSR count). The van der Waals surface area contributed by atoms with Gasteiger partial charge in [-0.2, -0.15) is 0 Å². The van der Waals surface area contributed by atoms with Crippen molar-refractivity contribution in [2.75, 3.05) is 13.1 Å². The van der Waals surface area contributed by atoms with Crippen molar-refractivity contribution < 1.29 is 4.42 Å². The number of piperidine rings is 1. The average molecular weight is 266 g/mol. The SMILES string of the molecule is Sc1coc(C2(C3CCCCC3)CCNCC2)n1. The summed E-state index contributed by atoms with van der Waals surface area (Å²) in [5.74, 6) is 1.70. The highest BCUT2D eigenvalue weighted by molar-refractivity contribution is 7.80. The molecule has 0 bridgehead atoms. The first-order chi connectivity index (χ1) is 8.81. The largest absolute Gasteiger partial charge is 0.447 e. The van der Waals surface area contributed by atoms with Gasteiger partial charge in [0.2, 0.25) is 5.89 Å². The van der Waals surface area contributed by atoms with E-state index in [4.69, 9.17) is 4.42 Å². The Balaban J connectivity index is 1.91. The lowest BCUT2D eigenvalue weighted by atomic mass is 9.64. The molecule has 0 amide bonds. The van der Waals surface area contributed by atoms with E-state index in [0.717, 1.165) is 42.8 Å². The van der Waals surface area contributed by atoms with Gasteiger partial charge < -0.3 is 9.73 Å². The van der Waals surface area contributed by atoms with Gasteiger partial charge in [0.25, 0.3) is 0 Å². The second kappa shape index (κ2) is 5.25. The summed E-state index contributed by atoms with van der Waals surface area (Å²) >= 11 is 4.31. The number of aromatic nitrogens is 1. The zero-order valence-corrected chi connectivity index (χ0v) is 11.7. The van der Waals surface area contributed by atoms with E-state index in [1.165, 1.54) is 32.1 Å². The highest BCUT2D eigenvalue weighted by atomic mass is 32.1. The second-order valence-electron chi connectivity index (χ2n) is 5.75. The first-order valence-electron chi connectivity index (χ1n) is 7.17. The number of rotatable bonds is 2. The van der Waals surface area contributed by atoms with Crippen LogP contribution in [0.15, 0.2) is 15.7 Å². The molecule has 1 aliphatic carbocycles. The van der Waals surface area contributed by atoms with Crippen LogP contribution in [-0.4, -0.2) is 18.1 Å². The molecule has 2 fully saturated rings. The van der Waals surface area contributed by atoms with Crippen LogP contribution in [0.25, 0.3) is 0 Å². The maximum Gasteiger partial charge on any atom is 0.201 e. The van der Waals surface area contributed by atoms with Crippen molar-refractivity contribution in [2.24, 2.45) is 5.92 Å². The molecule has 100 valence electrons. The summed E-state index contributed by atoms with van der Waals surface area (Å²) < 4.78 is 5.75. The molecule has 1 aromatic rings. The van der Waals surface area contributed by atoms with Crippen LogP contribution in [-0.2, 0) is 5.41 Å². The monoisotopic (exact) mass is 266 g/mol. The summed E-state index contributed by atoms with van der Waals surface area (Å²) in [4.78, 5) is 4.55. The molecule has 0 unspecified atom stereocenters. The fourth-order valence-electron chi connectivity index (χ4n) is 3.82. The summed E-state index contributed by atoms with van der Waals surface area (Å²) in [5, 5.41) is 4.19. The van der Waals surface area contributed by atoms with Gasteiger partial charge in [-0.15, -0.1) is 12.6 Å². The molecular weight excluding hydrogens is 244 g/mol. The van der Waals surface area contributed by atoms with Gasteiger partial charge in [0.1, 0.15) is 11.3 Å². The normalized spacial score (nSPS) is 25.2. The van der Waals surface area contributed by atoms with E-state index in [1.54, 1.807) is 6.26 Å². The van der Waals surface area contributed by atoms with Gasteiger partial charge in [0.05, 0.1) is 5.41 Å². The van der Waals surface area contributed by atoms with Crippen LogP contribution in [0.5, 0.6) is 0 Å². The van der Waals surface area contributed by atoms with Crippen LogP contribution in [0.4, 0.5) is 0 Å². The zero-order chi connectivity index (χ0) is 12.4. The minimum atomic E-state index is 0.173. The molecule has 3 nitrogen and oxygen atoms in total. The lowest BCUT2D eigenvalue weighted by Gasteiger charge is -2.43. The maximum absolute atomic E-state index is 5.75. The van der Waals surface area contributed by atoms with Crippen molar-refractivity contribution >= 4 is 12.6 Å². The third-order valence-corrected chi connectivity index (χ3v) is 5.01. The summed E-state index contributed by atoms with van der Waals surface area (Å²) in [6.07, 6.45) is 10.8. The van der Waals surface area contributed by atoms with Gasteiger partial charge in [-0.25, -0.2) is 4.98 Å². The van der Waals surface area contributed by atoms with Crippen LogP contribution >= 0.6 is 12.6 Å². The summed E-state index contributed by atoms with van der Waals surface area (Å²) in [6, 6.07) is 0. The third kappa shape index (κ3) is 2.21. The summed E-state index contributed by atoms with van der Waals surface area (Å²) in [7, 11) is 0. The highest BCUT2D eigenvalue weighted by Gasteiger charge is 2.45. The van der Waals surface area contributed by atoms with E-state index >= 15 is 0 Å². The first kappa shape index (κ1) is 12.5. The minimum Gasteiger partial charge on any atom is -0.447 e. The molecule has 4 heteroatoms. The van der Waals surface area contributed by atoms with Gasteiger partial charge in [0, 0.05) is 0 Å². The van der Waals surface area contributed by atoms with Gasteiger partial charge in [-0.3, -0.25) is 0 Å². The lowest BCUT2D eigenvalue weighted by molar-refractivity contribution is 0.124. The average Bonchev–Trinajstić information content (AvgIpc) is 2.88. The molecule has 0 spiro atoms. The summed E-state index contributed by atoms with van der Waals surface area (Å²) in [5.41, 5.74) is 0.173. The predicted molar refractivity (Wildman–Crippen MR) is 74.1 cm³/mol. The second-order valence-corrected chi connectivity index (χ2v) is 6.21. The standard InChI is InChI=1S/C14H22N2OS/c18-12-10-17-13(16-12)14(6-8-15-9-7-14)11-4-2-1-3-5-11/h10-11,15,18H,1-9H2. The first-order valence-corrected chi connectivity index (χ1v) is 7.62. The van der Waals surface area contributed by atoms with Crippen LogP contribution in [0.2, 0.25) is 0 Å². The van der Waals surface area contributed by atoms with E-state index < -0.39 is 0 Å². The Labute approximate surface area is 114 Å². The Morgan fingerprint density at radius 3 is 2.56 bits per heavy atom.